The molecule has 4 heteroatoms. The van der Waals surface area contributed by atoms with E-state index in [0.717, 1.165) is 6.42 Å². The smallest absolute Gasteiger partial charge is 0.162 e. The third-order valence-corrected chi connectivity index (χ3v) is 1.33. The Balaban J connectivity index is 3.41. The molecule has 6 N–H and O–H groups in total. The molecule has 0 aromatic rings. The van der Waals surface area contributed by atoms with Crippen LogP contribution in [0.1, 0.15) is 12.8 Å². The Bertz CT molecular complexity index is 105. The second-order valence-electron chi connectivity index (χ2n) is 2.21. The molecule has 4 nitrogen and oxygen atoms in total. The predicted octanol–water partition coefficient (Wildman–Crippen LogP) is -1.42. The molecule has 0 heterocycles. The van der Waals surface area contributed by atoms with Gasteiger partial charge in [0.15, 0.2) is 5.78 Å². The summed E-state index contributed by atoms with van der Waals surface area (Å²) < 4.78 is 0. The van der Waals surface area contributed by atoms with Crippen LogP contribution in [0, 0.1) is 0 Å². The number of carbonyl (C=O) groups is 1. The normalized spacial score (nSPS) is 13.1. The Morgan fingerprint density at radius 1 is 1.40 bits per heavy atom. The maximum absolute atomic E-state index is 10.7. The highest BCUT2D eigenvalue weighted by atomic mass is 16.1. The first-order valence-corrected chi connectivity index (χ1v) is 3.40. The number of Topliss-reactive ketones (excluding diaryl/α,β-unsaturated/α-hetero) is 1. The van der Waals surface area contributed by atoms with Gasteiger partial charge in [0, 0.05) is 0 Å². The van der Waals surface area contributed by atoms with Gasteiger partial charge in [-0.3, -0.25) is 4.79 Å². The Morgan fingerprint density at radius 2 is 2.00 bits per heavy atom. The summed E-state index contributed by atoms with van der Waals surface area (Å²) in [4.78, 5) is 10.7. The number of hydrogen-bond donors (Lipinski definition) is 3. The Kier molecular flexibility index (Phi) is 5.10. The molecular formula is C6H15N3O. The number of carbonyl (C=O) groups excluding carboxylic acids is 1. The highest BCUT2D eigenvalue weighted by Crippen LogP contribution is 1.92. The molecule has 60 valence electrons. The summed E-state index contributed by atoms with van der Waals surface area (Å²) in [7, 11) is 0. The van der Waals surface area contributed by atoms with E-state index in [1.807, 2.05) is 0 Å². The molecular weight excluding hydrogens is 130 g/mol. The van der Waals surface area contributed by atoms with Crippen LogP contribution in [0.25, 0.3) is 0 Å². The highest BCUT2D eigenvalue weighted by Gasteiger charge is 2.09. The van der Waals surface area contributed by atoms with Gasteiger partial charge in [0.1, 0.15) is 0 Å². The van der Waals surface area contributed by atoms with Gasteiger partial charge in [-0.25, -0.2) is 0 Å². The molecule has 0 fully saturated rings. The summed E-state index contributed by atoms with van der Waals surface area (Å²) in [6.07, 6.45) is 1.43. The van der Waals surface area contributed by atoms with Gasteiger partial charge in [-0.15, -0.1) is 0 Å². The molecule has 0 saturated heterocycles. The average molecular weight is 145 g/mol. The molecule has 0 rings (SSSR count). The second kappa shape index (κ2) is 5.34. The van der Waals surface area contributed by atoms with E-state index in [1.165, 1.54) is 0 Å². The lowest BCUT2D eigenvalue weighted by atomic mass is 10.1. The van der Waals surface area contributed by atoms with Gasteiger partial charge in [-0.1, -0.05) is 0 Å². The minimum atomic E-state index is -0.409. The topological polar surface area (TPSA) is 95.1 Å². The molecule has 10 heavy (non-hydrogen) atoms. The van der Waals surface area contributed by atoms with E-state index in [1.54, 1.807) is 0 Å². The molecule has 0 saturated carbocycles. The Hall–Kier alpha value is -0.450. The quantitative estimate of drug-likeness (QED) is 0.442. The second-order valence-corrected chi connectivity index (χ2v) is 2.21. The molecule has 1 unspecified atom stereocenters. The first-order chi connectivity index (χ1) is 4.72. The number of ketones is 1. The van der Waals surface area contributed by atoms with Crippen molar-refractivity contribution in [2.45, 2.75) is 18.9 Å². The van der Waals surface area contributed by atoms with E-state index in [4.69, 9.17) is 17.2 Å². The summed E-state index contributed by atoms with van der Waals surface area (Å²) in [6, 6.07) is -0.409. The molecule has 0 aromatic heterocycles. The first kappa shape index (κ1) is 9.55. The van der Waals surface area contributed by atoms with Crippen LogP contribution in [-0.2, 0) is 4.79 Å². The standard InChI is InChI=1S/C6H15N3O/c7-3-1-2-5(9)6(10)4-8/h5H,1-4,7-9H2. The largest absolute Gasteiger partial charge is 0.330 e. The highest BCUT2D eigenvalue weighted by molar-refractivity contribution is 5.85. The van der Waals surface area contributed by atoms with E-state index >= 15 is 0 Å². The van der Waals surface area contributed by atoms with Gasteiger partial charge in [0.05, 0.1) is 12.6 Å². The van der Waals surface area contributed by atoms with Crippen LogP contribution in [0.15, 0.2) is 0 Å². The maximum Gasteiger partial charge on any atom is 0.162 e. The van der Waals surface area contributed by atoms with Crippen LogP contribution in [0.3, 0.4) is 0 Å². The molecule has 0 aromatic carbocycles. The lowest BCUT2D eigenvalue weighted by molar-refractivity contribution is -0.119. The number of rotatable bonds is 5. The van der Waals surface area contributed by atoms with Crippen molar-refractivity contribution in [3.63, 3.8) is 0 Å². The van der Waals surface area contributed by atoms with Crippen LogP contribution in [-0.4, -0.2) is 24.9 Å². The van der Waals surface area contributed by atoms with Crippen molar-refractivity contribution in [1.29, 1.82) is 0 Å². The van der Waals surface area contributed by atoms with Gasteiger partial charge < -0.3 is 17.2 Å². The Morgan fingerprint density at radius 3 is 2.40 bits per heavy atom. The van der Waals surface area contributed by atoms with Gasteiger partial charge >= 0.3 is 0 Å². The van der Waals surface area contributed by atoms with Crippen molar-refractivity contribution in [2.24, 2.45) is 17.2 Å². The van der Waals surface area contributed by atoms with Crippen LogP contribution >= 0.6 is 0 Å². The lowest BCUT2D eigenvalue weighted by Gasteiger charge is -2.06. The summed E-state index contributed by atoms with van der Waals surface area (Å²) in [5.74, 6) is -0.0894. The van der Waals surface area contributed by atoms with Crippen LogP contribution in [0.2, 0.25) is 0 Å². The summed E-state index contributed by atoms with van der Waals surface area (Å²) in [5.41, 5.74) is 15.7. The minimum Gasteiger partial charge on any atom is -0.330 e. The zero-order chi connectivity index (χ0) is 7.98. The van der Waals surface area contributed by atoms with Gasteiger partial charge in [-0.05, 0) is 19.4 Å². The fraction of sp³-hybridized carbons (Fsp3) is 0.833. The third-order valence-electron chi connectivity index (χ3n) is 1.33. The number of hydrogen-bond acceptors (Lipinski definition) is 4. The maximum atomic E-state index is 10.7. The SMILES string of the molecule is NCCCC(N)C(=O)CN. The average Bonchev–Trinajstić information content (AvgIpc) is 1.98. The molecule has 0 bridgehead atoms. The van der Waals surface area contributed by atoms with E-state index in [9.17, 15) is 4.79 Å². The van der Waals surface area contributed by atoms with Crippen molar-refractivity contribution in [2.75, 3.05) is 13.1 Å². The first-order valence-electron chi connectivity index (χ1n) is 3.40. The van der Waals surface area contributed by atoms with Crippen molar-refractivity contribution in [1.82, 2.24) is 0 Å². The summed E-state index contributed by atoms with van der Waals surface area (Å²) in [5, 5.41) is 0. The van der Waals surface area contributed by atoms with Crippen LogP contribution in [0.4, 0.5) is 0 Å². The van der Waals surface area contributed by atoms with Crippen LogP contribution < -0.4 is 17.2 Å². The van der Waals surface area contributed by atoms with Crippen LogP contribution in [0.5, 0.6) is 0 Å². The fourth-order valence-electron chi connectivity index (χ4n) is 0.650. The summed E-state index contributed by atoms with van der Waals surface area (Å²) >= 11 is 0. The molecule has 0 amide bonds. The zero-order valence-corrected chi connectivity index (χ0v) is 6.05. The molecule has 0 radical (unpaired) electrons. The number of nitrogens with two attached hydrogens (primary N) is 3. The fourth-order valence-corrected chi connectivity index (χ4v) is 0.650. The van der Waals surface area contributed by atoms with Gasteiger partial charge in [-0.2, -0.15) is 0 Å². The Labute approximate surface area is 60.7 Å². The van der Waals surface area contributed by atoms with Crippen molar-refractivity contribution in [3.05, 3.63) is 0 Å². The predicted molar refractivity (Wildman–Crippen MR) is 40.3 cm³/mol. The monoisotopic (exact) mass is 145 g/mol. The molecule has 0 aliphatic carbocycles. The molecule has 1 atom stereocenters. The van der Waals surface area contributed by atoms with Gasteiger partial charge in [0.2, 0.25) is 0 Å². The third kappa shape index (κ3) is 3.55. The van der Waals surface area contributed by atoms with Crippen molar-refractivity contribution in [3.8, 4) is 0 Å². The van der Waals surface area contributed by atoms with E-state index < -0.39 is 6.04 Å². The molecule has 0 spiro atoms. The molecule has 0 aliphatic heterocycles. The summed E-state index contributed by atoms with van der Waals surface area (Å²) in [6.45, 7) is 0.608. The van der Waals surface area contributed by atoms with E-state index in [-0.39, 0.29) is 12.3 Å². The lowest BCUT2D eigenvalue weighted by Crippen LogP contribution is -2.35. The van der Waals surface area contributed by atoms with Crippen molar-refractivity contribution < 1.29 is 4.79 Å². The van der Waals surface area contributed by atoms with E-state index in [0.29, 0.717) is 13.0 Å². The van der Waals surface area contributed by atoms with Gasteiger partial charge in [0.25, 0.3) is 0 Å². The van der Waals surface area contributed by atoms with Crippen molar-refractivity contribution >= 4 is 5.78 Å². The zero-order valence-electron chi connectivity index (χ0n) is 6.05. The minimum absolute atomic E-state index is 0.0335. The molecule has 0 aliphatic rings. The van der Waals surface area contributed by atoms with E-state index in [2.05, 4.69) is 0 Å².